The van der Waals surface area contributed by atoms with Gasteiger partial charge >= 0.3 is 0 Å². The molecule has 2 aromatic rings. The van der Waals surface area contributed by atoms with Gasteiger partial charge in [-0.1, -0.05) is 13.0 Å². The molecule has 4 heteroatoms. The highest BCUT2D eigenvalue weighted by Gasteiger charge is 2.01. The number of nitrogens with zero attached hydrogens (tertiary/aromatic N) is 2. The van der Waals surface area contributed by atoms with Gasteiger partial charge in [0.2, 0.25) is 5.56 Å². The molecule has 0 aliphatic rings. The zero-order valence-corrected chi connectivity index (χ0v) is 8.60. The lowest BCUT2D eigenvalue weighted by atomic mass is 10.2. The van der Waals surface area contributed by atoms with Crippen molar-refractivity contribution in [1.82, 2.24) is 14.8 Å². The van der Waals surface area contributed by atoms with Crippen LogP contribution >= 0.6 is 0 Å². The van der Waals surface area contributed by atoms with Crippen molar-refractivity contribution in [2.24, 2.45) is 0 Å². The maximum Gasteiger partial charge on any atom is 0.248 e. The molecule has 0 unspecified atom stereocenters. The van der Waals surface area contributed by atoms with Gasteiger partial charge in [0.1, 0.15) is 0 Å². The van der Waals surface area contributed by atoms with Crippen LogP contribution in [0.3, 0.4) is 0 Å². The minimum Gasteiger partial charge on any atom is -0.322 e. The van der Waals surface area contributed by atoms with Crippen molar-refractivity contribution in [2.75, 3.05) is 0 Å². The van der Waals surface area contributed by atoms with Gasteiger partial charge in [-0.3, -0.25) is 9.48 Å². The predicted molar refractivity (Wildman–Crippen MR) is 58.6 cm³/mol. The standard InChI is InChI=1S/C11H13N3O/c1-2-6-14-8-9(7-12-14)10-4-3-5-11(15)13-10/h3-5,7-8H,2,6H2,1H3,(H,13,15). The van der Waals surface area contributed by atoms with E-state index in [0.29, 0.717) is 0 Å². The van der Waals surface area contributed by atoms with Crippen LogP contribution in [0.5, 0.6) is 0 Å². The van der Waals surface area contributed by atoms with Crippen molar-refractivity contribution in [2.45, 2.75) is 19.9 Å². The average Bonchev–Trinajstić information content (AvgIpc) is 2.67. The van der Waals surface area contributed by atoms with E-state index in [1.165, 1.54) is 6.07 Å². The molecule has 0 aliphatic heterocycles. The first-order valence-corrected chi connectivity index (χ1v) is 5.02. The zero-order valence-electron chi connectivity index (χ0n) is 8.60. The number of H-pyrrole nitrogens is 1. The van der Waals surface area contributed by atoms with E-state index in [2.05, 4.69) is 17.0 Å². The molecule has 2 aromatic heterocycles. The fourth-order valence-corrected chi connectivity index (χ4v) is 1.47. The lowest BCUT2D eigenvalue weighted by Crippen LogP contribution is -2.03. The molecule has 0 saturated carbocycles. The second-order valence-corrected chi connectivity index (χ2v) is 3.42. The molecule has 0 aliphatic carbocycles. The maximum atomic E-state index is 11.1. The normalized spacial score (nSPS) is 10.5. The van der Waals surface area contributed by atoms with Crippen LogP contribution in [0.15, 0.2) is 35.4 Å². The summed E-state index contributed by atoms with van der Waals surface area (Å²) < 4.78 is 1.88. The van der Waals surface area contributed by atoms with Crippen LogP contribution in [0.25, 0.3) is 11.3 Å². The molecule has 1 N–H and O–H groups in total. The third-order valence-corrected chi connectivity index (χ3v) is 2.17. The van der Waals surface area contributed by atoms with Crippen LogP contribution in [-0.2, 0) is 6.54 Å². The molecule has 0 spiro atoms. The first-order valence-electron chi connectivity index (χ1n) is 5.02. The van der Waals surface area contributed by atoms with E-state index in [9.17, 15) is 4.79 Å². The number of hydrogen-bond donors (Lipinski definition) is 1. The summed E-state index contributed by atoms with van der Waals surface area (Å²) in [5, 5.41) is 4.21. The van der Waals surface area contributed by atoms with Crippen molar-refractivity contribution in [3.8, 4) is 11.3 Å². The van der Waals surface area contributed by atoms with E-state index in [-0.39, 0.29) is 5.56 Å². The minimum atomic E-state index is -0.0873. The Bertz CT molecular complexity index is 498. The molecule has 78 valence electrons. The number of hydrogen-bond acceptors (Lipinski definition) is 2. The summed E-state index contributed by atoms with van der Waals surface area (Å²) in [4.78, 5) is 13.9. The molecule has 0 bridgehead atoms. The Labute approximate surface area is 87.6 Å². The highest BCUT2D eigenvalue weighted by atomic mass is 16.1. The van der Waals surface area contributed by atoms with E-state index >= 15 is 0 Å². The second kappa shape index (κ2) is 4.13. The smallest absolute Gasteiger partial charge is 0.248 e. The van der Waals surface area contributed by atoms with Crippen LogP contribution in [0.4, 0.5) is 0 Å². The third-order valence-electron chi connectivity index (χ3n) is 2.17. The molecule has 0 amide bonds. The van der Waals surface area contributed by atoms with Gasteiger partial charge < -0.3 is 4.98 Å². The monoisotopic (exact) mass is 203 g/mol. The summed E-state index contributed by atoms with van der Waals surface area (Å²) in [6, 6.07) is 5.11. The molecule has 0 atom stereocenters. The zero-order chi connectivity index (χ0) is 10.7. The molecule has 0 aromatic carbocycles. The molecular formula is C11H13N3O. The summed E-state index contributed by atoms with van der Waals surface area (Å²) in [6.45, 7) is 3.00. The van der Waals surface area contributed by atoms with Gasteiger partial charge in [-0.2, -0.15) is 5.10 Å². The molecular weight excluding hydrogens is 190 g/mol. The Morgan fingerprint density at radius 3 is 3.07 bits per heavy atom. The van der Waals surface area contributed by atoms with Gasteiger partial charge in [0.15, 0.2) is 0 Å². The lowest BCUT2D eigenvalue weighted by Gasteiger charge is -1.96. The predicted octanol–water partition coefficient (Wildman–Crippen LogP) is 1.65. The number of aromatic nitrogens is 3. The molecule has 2 heterocycles. The van der Waals surface area contributed by atoms with Crippen LogP contribution in [-0.4, -0.2) is 14.8 Å². The average molecular weight is 203 g/mol. The van der Waals surface area contributed by atoms with Gasteiger partial charge in [-0.25, -0.2) is 0 Å². The van der Waals surface area contributed by atoms with E-state index in [1.807, 2.05) is 16.9 Å². The Balaban J connectivity index is 2.33. The lowest BCUT2D eigenvalue weighted by molar-refractivity contribution is 0.603. The summed E-state index contributed by atoms with van der Waals surface area (Å²) >= 11 is 0. The van der Waals surface area contributed by atoms with E-state index < -0.39 is 0 Å². The minimum absolute atomic E-state index is 0.0873. The molecule has 15 heavy (non-hydrogen) atoms. The third kappa shape index (κ3) is 2.15. The van der Waals surface area contributed by atoms with E-state index in [0.717, 1.165) is 24.2 Å². The molecule has 0 radical (unpaired) electrons. The van der Waals surface area contributed by atoms with Crippen LogP contribution in [0.2, 0.25) is 0 Å². The van der Waals surface area contributed by atoms with E-state index in [4.69, 9.17) is 0 Å². The summed E-state index contributed by atoms with van der Waals surface area (Å²) in [5.41, 5.74) is 1.67. The number of pyridine rings is 1. The van der Waals surface area contributed by atoms with Crippen molar-refractivity contribution in [3.05, 3.63) is 40.9 Å². The van der Waals surface area contributed by atoms with Crippen molar-refractivity contribution < 1.29 is 0 Å². The van der Waals surface area contributed by atoms with Gasteiger partial charge in [0.25, 0.3) is 0 Å². The molecule has 0 saturated heterocycles. The Morgan fingerprint density at radius 1 is 1.47 bits per heavy atom. The van der Waals surface area contributed by atoms with Crippen molar-refractivity contribution >= 4 is 0 Å². The Morgan fingerprint density at radius 2 is 2.33 bits per heavy atom. The number of rotatable bonds is 3. The van der Waals surface area contributed by atoms with Crippen molar-refractivity contribution in [1.29, 1.82) is 0 Å². The van der Waals surface area contributed by atoms with E-state index in [1.54, 1.807) is 12.3 Å². The highest BCUT2D eigenvalue weighted by Crippen LogP contribution is 2.13. The summed E-state index contributed by atoms with van der Waals surface area (Å²) in [7, 11) is 0. The summed E-state index contributed by atoms with van der Waals surface area (Å²) in [6.07, 6.45) is 4.75. The maximum absolute atomic E-state index is 11.1. The second-order valence-electron chi connectivity index (χ2n) is 3.42. The van der Waals surface area contributed by atoms with Gasteiger partial charge in [-0.15, -0.1) is 0 Å². The van der Waals surface area contributed by atoms with Crippen LogP contribution in [0, 0.1) is 0 Å². The quantitative estimate of drug-likeness (QED) is 0.824. The van der Waals surface area contributed by atoms with Gasteiger partial charge in [-0.05, 0) is 12.5 Å². The Hall–Kier alpha value is -1.84. The van der Waals surface area contributed by atoms with Crippen molar-refractivity contribution in [3.63, 3.8) is 0 Å². The fourth-order valence-electron chi connectivity index (χ4n) is 1.47. The van der Waals surface area contributed by atoms with Crippen LogP contribution < -0.4 is 5.56 Å². The van der Waals surface area contributed by atoms with Crippen LogP contribution in [0.1, 0.15) is 13.3 Å². The molecule has 4 nitrogen and oxygen atoms in total. The molecule has 2 rings (SSSR count). The highest BCUT2D eigenvalue weighted by molar-refractivity contribution is 5.56. The number of nitrogens with one attached hydrogen (secondary N) is 1. The number of aromatic amines is 1. The SMILES string of the molecule is CCCn1cc(-c2cccc(=O)[nH]2)cn1. The number of aryl methyl sites for hydroxylation is 1. The fraction of sp³-hybridized carbons (Fsp3) is 0.273. The largest absolute Gasteiger partial charge is 0.322 e. The van der Waals surface area contributed by atoms with Gasteiger partial charge in [0.05, 0.1) is 11.9 Å². The van der Waals surface area contributed by atoms with Gasteiger partial charge in [0, 0.05) is 24.4 Å². The Kier molecular flexibility index (Phi) is 2.67. The first kappa shape index (κ1) is 9.71. The summed E-state index contributed by atoms with van der Waals surface area (Å²) in [5.74, 6) is 0. The molecule has 0 fully saturated rings. The topological polar surface area (TPSA) is 50.7 Å². The first-order chi connectivity index (χ1) is 7.29.